The molecule has 43 heavy (non-hydrogen) atoms. The monoisotopic (exact) mass is 576 g/mol. The summed E-state index contributed by atoms with van der Waals surface area (Å²) in [6.07, 6.45) is 1.35. The number of hydrogen-bond acceptors (Lipinski definition) is 5. The molecular formula is C34H29FN4O4. The number of aromatic nitrogens is 3. The molecule has 0 unspecified atom stereocenters. The Balaban J connectivity index is 1.54. The van der Waals surface area contributed by atoms with Crippen LogP contribution in [0, 0.1) is 26.6 Å². The molecule has 2 aromatic heterocycles. The van der Waals surface area contributed by atoms with Gasteiger partial charge in [0.05, 0.1) is 23.7 Å². The molecule has 4 aromatic carbocycles. The van der Waals surface area contributed by atoms with E-state index in [4.69, 9.17) is 15.2 Å². The second-order valence-corrected chi connectivity index (χ2v) is 10.4. The van der Waals surface area contributed by atoms with Crippen LogP contribution in [0.15, 0.2) is 77.9 Å². The number of primary amides is 1. The normalized spacial score (nSPS) is 11.3. The Morgan fingerprint density at radius 2 is 1.74 bits per heavy atom. The summed E-state index contributed by atoms with van der Waals surface area (Å²) in [6.45, 7) is 6.02. The summed E-state index contributed by atoms with van der Waals surface area (Å²) < 4.78 is 27.2. The number of amides is 1. The lowest BCUT2D eigenvalue weighted by atomic mass is 9.92. The van der Waals surface area contributed by atoms with E-state index in [1.165, 1.54) is 23.0 Å². The second-order valence-electron chi connectivity index (χ2n) is 10.4. The minimum absolute atomic E-state index is 0.0263. The van der Waals surface area contributed by atoms with Crippen LogP contribution in [-0.2, 0) is 6.61 Å². The first-order valence-corrected chi connectivity index (χ1v) is 13.7. The first-order chi connectivity index (χ1) is 20.7. The molecule has 0 aliphatic heterocycles. The molecule has 0 aliphatic rings. The lowest BCUT2D eigenvalue weighted by molar-refractivity contribution is 0.0997. The number of fused-ring (bicyclic) bond motifs is 2. The number of aromatic amines is 1. The van der Waals surface area contributed by atoms with Crippen molar-refractivity contribution in [2.75, 3.05) is 7.11 Å². The third-order valence-corrected chi connectivity index (χ3v) is 7.93. The van der Waals surface area contributed by atoms with Crippen molar-refractivity contribution < 1.29 is 18.7 Å². The SMILES string of the molecule is COc1ccc(COc2cc(-c3cccc(-n4cnc5c(F)cccc5c4=O)c3C)c3c(C)c(C)[nH]c3c2C(N)=O)cc1. The number of methoxy groups -OCH3 is 1. The quantitative estimate of drug-likeness (QED) is 0.232. The maximum atomic E-state index is 14.3. The standard InChI is InChI=1S/C34H29FN4O4/c1-18-20(3)38-32-29(18)25(15-28(30(32)33(36)40)43-16-21-11-13-22(42-4)14-12-21)23-7-6-10-27(19(23)2)39-17-37-31-24(34(39)41)8-5-9-26(31)35/h5-15,17,38H,16H2,1-4H3,(H2,36,40). The first-order valence-electron chi connectivity index (χ1n) is 13.7. The van der Waals surface area contributed by atoms with E-state index in [0.29, 0.717) is 17.0 Å². The van der Waals surface area contributed by atoms with E-state index in [0.717, 1.165) is 44.6 Å². The van der Waals surface area contributed by atoms with E-state index in [-0.39, 0.29) is 28.6 Å². The van der Waals surface area contributed by atoms with E-state index < -0.39 is 11.7 Å². The number of carbonyl (C=O) groups is 1. The number of aryl methyl sites for hydroxylation is 2. The second kappa shape index (κ2) is 10.8. The molecule has 0 fully saturated rings. The fourth-order valence-corrected chi connectivity index (χ4v) is 5.56. The third kappa shape index (κ3) is 4.68. The molecular weight excluding hydrogens is 547 g/mol. The van der Waals surface area contributed by atoms with Crippen molar-refractivity contribution in [2.45, 2.75) is 27.4 Å². The van der Waals surface area contributed by atoms with Crippen LogP contribution in [0.1, 0.15) is 32.7 Å². The molecule has 1 amide bonds. The van der Waals surface area contributed by atoms with Gasteiger partial charge >= 0.3 is 0 Å². The van der Waals surface area contributed by atoms with Gasteiger partial charge in [0.15, 0.2) is 0 Å². The van der Waals surface area contributed by atoms with E-state index in [2.05, 4.69) is 9.97 Å². The zero-order chi connectivity index (χ0) is 30.4. The molecule has 8 nitrogen and oxygen atoms in total. The van der Waals surface area contributed by atoms with Crippen molar-refractivity contribution in [3.05, 3.63) is 117 Å². The smallest absolute Gasteiger partial charge is 0.265 e. The molecule has 0 aliphatic carbocycles. The fourth-order valence-electron chi connectivity index (χ4n) is 5.56. The molecule has 2 heterocycles. The molecule has 0 spiro atoms. The number of H-pyrrole nitrogens is 1. The predicted molar refractivity (Wildman–Crippen MR) is 165 cm³/mol. The zero-order valence-corrected chi connectivity index (χ0v) is 24.1. The van der Waals surface area contributed by atoms with Gasteiger partial charge in [-0.2, -0.15) is 0 Å². The highest BCUT2D eigenvalue weighted by molar-refractivity contribution is 6.13. The highest BCUT2D eigenvalue weighted by Gasteiger charge is 2.24. The molecule has 0 saturated carbocycles. The lowest BCUT2D eigenvalue weighted by Gasteiger charge is -2.18. The van der Waals surface area contributed by atoms with Gasteiger partial charge in [0.25, 0.3) is 11.5 Å². The summed E-state index contributed by atoms with van der Waals surface area (Å²) in [5, 5.41) is 1.02. The van der Waals surface area contributed by atoms with Crippen LogP contribution in [0.2, 0.25) is 0 Å². The van der Waals surface area contributed by atoms with Gasteiger partial charge in [-0.15, -0.1) is 0 Å². The number of para-hydroxylation sites is 1. The van der Waals surface area contributed by atoms with Crippen LogP contribution in [0.3, 0.4) is 0 Å². The van der Waals surface area contributed by atoms with Crippen molar-refractivity contribution in [1.29, 1.82) is 0 Å². The first kappa shape index (κ1) is 27.7. The molecule has 0 radical (unpaired) electrons. The Bertz CT molecular complexity index is 2110. The van der Waals surface area contributed by atoms with Crippen molar-refractivity contribution in [1.82, 2.24) is 14.5 Å². The molecule has 0 saturated heterocycles. The van der Waals surface area contributed by atoms with E-state index in [1.807, 2.05) is 69.3 Å². The predicted octanol–water partition coefficient (Wildman–Crippen LogP) is 6.28. The maximum Gasteiger partial charge on any atom is 0.265 e. The fraction of sp³-hybridized carbons (Fsp3) is 0.147. The number of hydrogen-bond donors (Lipinski definition) is 2. The summed E-state index contributed by atoms with van der Waals surface area (Å²) in [5.74, 6) is -0.112. The minimum Gasteiger partial charge on any atom is -0.497 e. The van der Waals surface area contributed by atoms with Gasteiger partial charge in [-0.05, 0) is 85.0 Å². The minimum atomic E-state index is -0.617. The Hall–Kier alpha value is -5.44. The van der Waals surface area contributed by atoms with Gasteiger partial charge in [-0.1, -0.05) is 30.3 Å². The van der Waals surface area contributed by atoms with Gasteiger partial charge in [0.2, 0.25) is 0 Å². The molecule has 9 heteroatoms. The van der Waals surface area contributed by atoms with E-state index in [1.54, 1.807) is 13.2 Å². The largest absolute Gasteiger partial charge is 0.497 e. The summed E-state index contributed by atoms with van der Waals surface area (Å²) in [5.41, 5.74) is 12.1. The average molecular weight is 577 g/mol. The van der Waals surface area contributed by atoms with E-state index >= 15 is 0 Å². The molecule has 216 valence electrons. The van der Waals surface area contributed by atoms with Crippen LogP contribution < -0.4 is 20.8 Å². The molecule has 0 atom stereocenters. The van der Waals surface area contributed by atoms with Crippen molar-refractivity contribution >= 4 is 27.7 Å². The number of nitrogens with two attached hydrogens (primary N) is 1. The van der Waals surface area contributed by atoms with Crippen molar-refractivity contribution in [3.8, 4) is 28.3 Å². The van der Waals surface area contributed by atoms with Gasteiger partial charge in [-0.3, -0.25) is 14.2 Å². The molecule has 6 aromatic rings. The third-order valence-electron chi connectivity index (χ3n) is 7.93. The summed E-state index contributed by atoms with van der Waals surface area (Å²) in [4.78, 5) is 33.8. The van der Waals surface area contributed by atoms with Gasteiger partial charge < -0.3 is 20.2 Å². The van der Waals surface area contributed by atoms with Gasteiger partial charge in [-0.25, -0.2) is 9.37 Å². The van der Waals surface area contributed by atoms with Crippen molar-refractivity contribution in [3.63, 3.8) is 0 Å². The van der Waals surface area contributed by atoms with Crippen LogP contribution >= 0.6 is 0 Å². The Kier molecular flexibility index (Phi) is 6.93. The molecule has 6 rings (SSSR count). The van der Waals surface area contributed by atoms with E-state index in [9.17, 15) is 14.0 Å². The van der Waals surface area contributed by atoms with Crippen LogP contribution in [0.4, 0.5) is 4.39 Å². The number of benzene rings is 4. The highest BCUT2D eigenvalue weighted by Crippen LogP contribution is 2.41. The number of halogens is 1. The number of nitrogens with one attached hydrogen (secondary N) is 1. The number of nitrogens with zero attached hydrogens (tertiary/aromatic N) is 2. The van der Waals surface area contributed by atoms with Gasteiger partial charge in [0, 0.05) is 11.1 Å². The van der Waals surface area contributed by atoms with Crippen molar-refractivity contribution in [2.24, 2.45) is 5.73 Å². The summed E-state index contributed by atoms with van der Waals surface area (Å²) in [7, 11) is 1.60. The Morgan fingerprint density at radius 3 is 2.47 bits per heavy atom. The zero-order valence-electron chi connectivity index (χ0n) is 24.1. The topological polar surface area (TPSA) is 112 Å². The van der Waals surface area contributed by atoms with Crippen LogP contribution in [0.5, 0.6) is 11.5 Å². The highest BCUT2D eigenvalue weighted by atomic mass is 19.1. The van der Waals surface area contributed by atoms with Crippen LogP contribution in [-0.4, -0.2) is 27.6 Å². The van der Waals surface area contributed by atoms with Crippen LogP contribution in [0.25, 0.3) is 38.6 Å². The average Bonchev–Trinajstić information content (AvgIpc) is 3.30. The van der Waals surface area contributed by atoms with Gasteiger partial charge in [0.1, 0.15) is 41.3 Å². The molecule has 3 N–H and O–H groups in total. The Labute approximate surface area is 246 Å². The number of ether oxygens (including phenoxy) is 2. The molecule has 0 bridgehead atoms. The summed E-state index contributed by atoms with van der Waals surface area (Å²) in [6, 6.07) is 19.2. The number of carbonyl (C=O) groups excluding carboxylic acids is 1. The Morgan fingerprint density at radius 1 is 1.00 bits per heavy atom. The summed E-state index contributed by atoms with van der Waals surface area (Å²) >= 11 is 0. The maximum absolute atomic E-state index is 14.3. The lowest BCUT2D eigenvalue weighted by Crippen LogP contribution is -2.20. The number of rotatable bonds is 7.